The van der Waals surface area contributed by atoms with Gasteiger partial charge in [-0.3, -0.25) is 0 Å². The summed E-state index contributed by atoms with van der Waals surface area (Å²) in [5, 5.41) is 0. The van der Waals surface area contributed by atoms with Gasteiger partial charge >= 0.3 is 0 Å². The Labute approximate surface area is 210 Å². The normalized spacial score (nSPS) is 18.3. The monoisotopic (exact) mass is 462 g/mol. The molecule has 1 heterocycles. The first kappa shape index (κ1) is 26.9. The number of unbranched alkanes of at least 4 members (excludes halogenated alkanes) is 8. The Morgan fingerprint density at radius 3 is 2.09 bits per heavy atom. The van der Waals surface area contributed by atoms with Gasteiger partial charge in [-0.1, -0.05) is 128 Å². The molecular weight excluding hydrogens is 412 g/mol. The molecule has 1 aliphatic rings. The first-order chi connectivity index (χ1) is 16.8. The van der Waals surface area contributed by atoms with Crippen molar-refractivity contribution >= 4 is 0 Å². The molecule has 0 radical (unpaired) electrons. The van der Waals surface area contributed by atoms with Gasteiger partial charge in [-0.15, -0.1) is 0 Å². The summed E-state index contributed by atoms with van der Waals surface area (Å²) in [7, 11) is 0. The van der Waals surface area contributed by atoms with Gasteiger partial charge in [-0.05, 0) is 48.6 Å². The maximum absolute atomic E-state index is 4.79. The zero-order valence-corrected chi connectivity index (χ0v) is 22.2. The fourth-order valence-electron chi connectivity index (χ4n) is 5.88. The van der Waals surface area contributed by atoms with Crippen LogP contribution >= 0.6 is 0 Å². The van der Waals surface area contributed by atoms with Crippen molar-refractivity contribution in [3.8, 4) is 11.3 Å². The zero-order chi connectivity index (χ0) is 23.8. The molecule has 0 amide bonds. The van der Waals surface area contributed by atoms with Crippen LogP contribution in [0.1, 0.15) is 128 Å². The minimum absolute atomic E-state index is 0.887. The van der Waals surface area contributed by atoms with Crippen LogP contribution in [0.15, 0.2) is 36.8 Å². The first-order valence-electron chi connectivity index (χ1n) is 14.7. The van der Waals surface area contributed by atoms with Crippen molar-refractivity contribution in [2.75, 3.05) is 0 Å². The van der Waals surface area contributed by atoms with Crippen molar-refractivity contribution in [1.82, 2.24) is 9.97 Å². The molecule has 1 aromatic heterocycles. The average molecular weight is 463 g/mol. The molecule has 0 atom stereocenters. The van der Waals surface area contributed by atoms with Gasteiger partial charge in [0.05, 0.1) is 5.69 Å². The summed E-state index contributed by atoms with van der Waals surface area (Å²) in [6.07, 6.45) is 28.3. The average Bonchev–Trinajstić information content (AvgIpc) is 2.88. The molecule has 0 aliphatic heterocycles. The van der Waals surface area contributed by atoms with Crippen LogP contribution < -0.4 is 0 Å². The zero-order valence-electron chi connectivity index (χ0n) is 22.2. The third kappa shape index (κ3) is 9.16. The largest absolute Gasteiger partial charge is 0.244 e. The van der Waals surface area contributed by atoms with Gasteiger partial charge in [-0.25, -0.2) is 9.97 Å². The van der Waals surface area contributed by atoms with Gasteiger partial charge in [0.25, 0.3) is 0 Å². The minimum atomic E-state index is 0.887. The van der Waals surface area contributed by atoms with E-state index in [2.05, 4.69) is 49.3 Å². The molecule has 1 aliphatic carbocycles. The van der Waals surface area contributed by atoms with Gasteiger partial charge in [-0.2, -0.15) is 0 Å². The molecule has 0 bridgehead atoms. The summed E-state index contributed by atoms with van der Waals surface area (Å²) < 4.78 is 0. The predicted octanol–water partition coefficient (Wildman–Crippen LogP) is 9.76. The van der Waals surface area contributed by atoms with Crippen molar-refractivity contribution < 1.29 is 0 Å². The Kier molecular flexibility index (Phi) is 12.7. The molecule has 2 heteroatoms. The molecule has 1 fully saturated rings. The molecule has 0 unspecified atom stereocenters. The number of nitrogens with zero attached hydrogens (tertiary/aromatic N) is 2. The summed E-state index contributed by atoms with van der Waals surface area (Å²) >= 11 is 0. The molecule has 2 nitrogen and oxygen atoms in total. The summed E-state index contributed by atoms with van der Waals surface area (Å²) in [5.74, 6) is 1.88. The highest BCUT2D eigenvalue weighted by atomic mass is 14.8. The Morgan fingerprint density at radius 1 is 0.676 bits per heavy atom. The van der Waals surface area contributed by atoms with Crippen molar-refractivity contribution in [3.05, 3.63) is 47.9 Å². The highest BCUT2D eigenvalue weighted by molar-refractivity contribution is 5.66. The van der Waals surface area contributed by atoms with E-state index in [1.165, 1.54) is 125 Å². The molecule has 0 spiro atoms. The van der Waals surface area contributed by atoms with Crippen LogP contribution in [0.3, 0.4) is 0 Å². The van der Waals surface area contributed by atoms with E-state index in [0.717, 1.165) is 24.7 Å². The van der Waals surface area contributed by atoms with E-state index in [1.807, 2.05) is 0 Å². The topological polar surface area (TPSA) is 25.8 Å². The van der Waals surface area contributed by atoms with Crippen LogP contribution in [0.5, 0.6) is 0 Å². The number of hydrogen-bond acceptors (Lipinski definition) is 2. The molecule has 3 rings (SSSR count). The lowest BCUT2D eigenvalue weighted by Crippen LogP contribution is -2.15. The molecule has 2 aromatic rings. The van der Waals surface area contributed by atoms with Crippen molar-refractivity contribution in [3.63, 3.8) is 0 Å². The van der Waals surface area contributed by atoms with Crippen LogP contribution in [0, 0.1) is 11.8 Å². The van der Waals surface area contributed by atoms with Crippen LogP contribution in [-0.2, 0) is 12.8 Å². The van der Waals surface area contributed by atoms with Gasteiger partial charge in [0.1, 0.15) is 6.33 Å². The standard InChI is InChI=1S/C32H50N2/c1-3-5-7-8-9-10-12-16-29-17-13-14-18-31(29)32-30(25-33-26-34-32)24-23-28-21-19-27(20-22-28)15-11-6-4-2/h13-14,17-18,25-28H,3-12,15-16,19-24H2,1-2H3. The predicted molar refractivity (Wildman–Crippen MR) is 147 cm³/mol. The maximum atomic E-state index is 4.79. The molecule has 1 saturated carbocycles. The lowest BCUT2D eigenvalue weighted by molar-refractivity contribution is 0.249. The molecule has 0 saturated heterocycles. The van der Waals surface area contributed by atoms with E-state index < -0.39 is 0 Å². The second-order valence-corrected chi connectivity index (χ2v) is 10.8. The molecule has 1 aromatic carbocycles. The minimum Gasteiger partial charge on any atom is -0.244 e. The van der Waals surface area contributed by atoms with Gasteiger partial charge in [0, 0.05) is 11.8 Å². The van der Waals surface area contributed by atoms with Gasteiger partial charge in [0.2, 0.25) is 0 Å². The van der Waals surface area contributed by atoms with Crippen molar-refractivity contribution in [1.29, 1.82) is 0 Å². The summed E-state index contributed by atoms with van der Waals surface area (Å²) in [4.78, 5) is 9.21. The van der Waals surface area contributed by atoms with E-state index >= 15 is 0 Å². The van der Waals surface area contributed by atoms with E-state index in [1.54, 1.807) is 6.33 Å². The fraction of sp³-hybridized carbons (Fsp3) is 0.688. The van der Waals surface area contributed by atoms with E-state index in [0.29, 0.717) is 0 Å². The Hall–Kier alpha value is -1.70. The van der Waals surface area contributed by atoms with Crippen LogP contribution in [-0.4, -0.2) is 9.97 Å². The SMILES string of the molecule is CCCCCCCCCc1ccccc1-c1ncncc1CCC1CCC(CCCCC)CC1. The maximum Gasteiger partial charge on any atom is 0.116 e. The Balaban J connectivity index is 1.51. The van der Waals surface area contributed by atoms with E-state index in [9.17, 15) is 0 Å². The first-order valence-corrected chi connectivity index (χ1v) is 14.7. The number of hydrogen-bond donors (Lipinski definition) is 0. The third-order valence-corrected chi connectivity index (χ3v) is 8.11. The van der Waals surface area contributed by atoms with Gasteiger partial charge < -0.3 is 0 Å². The Bertz CT molecular complexity index is 791. The molecule has 0 N–H and O–H groups in total. The summed E-state index contributed by atoms with van der Waals surface area (Å²) in [6, 6.07) is 8.97. The summed E-state index contributed by atoms with van der Waals surface area (Å²) in [5.41, 5.74) is 5.33. The van der Waals surface area contributed by atoms with Crippen LogP contribution in [0.4, 0.5) is 0 Å². The van der Waals surface area contributed by atoms with Crippen LogP contribution in [0.2, 0.25) is 0 Å². The molecule has 188 valence electrons. The number of benzene rings is 1. The third-order valence-electron chi connectivity index (χ3n) is 8.11. The number of aryl methyl sites for hydroxylation is 2. The second-order valence-electron chi connectivity index (χ2n) is 10.8. The van der Waals surface area contributed by atoms with Crippen molar-refractivity contribution in [2.24, 2.45) is 11.8 Å². The molecule has 34 heavy (non-hydrogen) atoms. The lowest BCUT2D eigenvalue weighted by atomic mass is 9.77. The number of aromatic nitrogens is 2. The van der Waals surface area contributed by atoms with E-state index in [4.69, 9.17) is 4.98 Å². The number of rotatable bonds is 16. The second kappa shape index (κ2) is 16.1. The quantitative estimate of drug-likeness (QED) is 0.232. The van der Waals surface area contributed by atoms with E-state index in [-0.39, 0.29) is 0 Å². The molecular formula is C32H50N2. The lowest BCUT2D eigenvalue weighted by Gasteiger charge is -2.28. The Morgan fingerprint density at radius 2 is 1.32 bits per heavy atom. The van der Waals surface area contributed by atoms with Crippen molar-refractivity contribution in [2.45, 2.75) is 129 Å². The van der Waals surface area contributed by atoms with Gasteiger partial charge in [0.15, 0.2) is 0 Å². The fourth-order valence-corrected chi connectivity index (χ4v) is 5.88. The summed E-state index contributed by atoms with van der Waals surface area (Å²) in [6.45, 7) is 4.60. The highest BCUT2D eigenvalue weighted by Gasteiger charge is 2.21. The smallest absolute Gasteiger partial charge is 0.116 e. The highest BCUT2D eigenvalue weighted by Crippen LogP contribution is 2.35. The van der Waals surface area contributed by atoms with Crippen LogP contribution in [0.25, 0.3) is 11.3 Å².